The van der Waals surface area contributed by atoms with Crippen LogP contribution in [0.4, 0.5) is 9.18 Å². The summed E-state index contributed by atoms with van der Waals surface area (Å²) in [6.45, 7) is 8.70. The number of rotatable bonds is 13. The van der Waals surface area contributed by atoms with Gasteiger partial charge < -0.3 is 19.7 Å². The van der Waals surface area contributed by atoms with E-state index in [2.05, 4.69) is 16.8 Å². The van der Waals surface area contributed by atoms with Crippen molar-refractivity contribution in [3.05, 3.63) is 95.6 Å². The third kappa shape index (κ3) is 9.08. The molecule has 3 rings (SSSR count). The molecule has 1 heterocycles. The highest BCUT2D eigenvalue weighted by Crippen LogP contribution is 2.15. The molecule has 6 nitrogen and oxygen atoms in total. The molecule has 0 unspecified atom stereocenters. The second kappa shape index (κ2) is 14.2. The van der Waals surface area contributed by atoms with Crippen molar-refractivity contribution in [2.24, 2.45) is 5.92 Å². The number of aromatic nitrogens is 1. The van der Waals surface area contributed by atoms with E-state index in [0.717, 1.165) is 29.7 Å². The maximum absolute atomic E-state index is 13.7. The van der Waals surface area contributed by atoms with E-state index in [9.17, 15) is 14.0 Å². The predicted octanol–water partition coefficient (Wildman–Crippen LogP) is 5.67. The average Bonchev–Trinajstić information content (AvgIpc) is 3.31. The van der Waals surface area contributed by atoms with Crippen LogP contribution in [0.3, 0.4) is 0 Å². The van der Waals surface area contributed by atoms with Gasteiger partial charge in [-0.1, -0.05) is 69.7 Å². The van der Waals surface area contributed by atoms with Crippen LogP contribution >= 0.6 is 0 Å². The zero-order valence-corrected chi connectivity index (χ0v) is 22.2. The number of hydrogen-bond donors (Lipinski definition) is 1. The Morgan fingerprint density at radius 2 is 1.65 bits per heavy atom. The number of amides is 3. The topological polar surface area (TPSA) is 57.6 Å². The Balaban J connectivity index is 1.78. The van der Waals surface area contributed by atoms with Crippen molar-refractivity contribution in [2.45, 2.75) is 53.2 Å². The summed E-state index contributed by atoms with van der Waals surface area (Å²) in [7, 11) is 0. The van der Waals surface area contributed by atoms with Crippen LogP contribution in [0.1, 0.15) is 50.4 Å². The van der Waals surface area contributed by atoms with E-state index in [1.807, 2.05) is 62.5 Å². The van der Waals surface area contributed by atoms with Crippen LogP contribution in [0.15, 0.2) is 72.9 Å². The first-order valence-electron chi connectivity index (χ1n) is 13.1. The molecule has 1 aromatic heterocycles. The monoisotopic (exact) mass is 506 g/mol. The molecular formula is C30H39FN4O2. The summed E-state index contributed by atoms with van der Waals surface area (Å²) in [5.41, 5.74) is 2.97. The van der Waals surface area contributed by atoms with Gasteiger partial charge in [-0.15, -0.1) is 0 Å². The van der Waals surface area contributed by atoms with E-state index in [0.29, 0.717) is 32.7 Å². The highest BCUT2D eigenvalue weighted by Gasteiger charge is 2.23. The molecule has 0 atom stereocenters. The highest BCUT2D eigenvalue weighted by molar-refractivity contribution is 5.84. The second-order valence-corrected chi connectivity index (χ2v) is 9.85. The normalized spacial score (nSPS) is 10.9. The lowest BCUT2D eigenvalue weighted by Crippen LogP contribution is -2.48. The molecule has 0 spiro atoms. The zero-order valence-electron chi connectivity index (χ0n) is 22.2. The van der Waals surface area contributed by atoms with Gasteiger partial charge in [-0.3, -0.25) is 4.79 Å². The summed E-state index contributed by atoms with van der Waals surface area (Å²) in [4.78, 5) is 30.0. The highest BCUT2D eigenvalue weighted by atomic mass is 19.1. The first-order chi connectivity index (χ1) is 17.9. The van der Waals surface area contributed by atoms with Gasteiger partial charge >= 0.3 is 6.03 Å². The van der Waals surface area contributed by atoms with Crippen molar-refractivity contribution in [1.29, 1.82) is 0 Å². The molecule has 3 aromatic rings. The van der Waals surface area contributed by atoms with Crippen LogP contribution in [0.2, 0.25) is 0 Å². The van der Waals surface area contributed by atoms with Gasteiger partial charge in [0.1, 0.15) is 12.4 Å². The van der Waals surface area contributed by atoms with Crippen LogP contribution in [-0.4, -0.2) is 45.9 Å². The summed E-state index contributed by atoms with van der Waals surface area (Å²) in [6.07, 6.45) is 3.86. The van der Waals surface area contributed by atoms with Crippen LogP contribution < -0.4 is 5.32 Å². The van der Waals surface area contributed by atoms with Gasteiger partial charge in [0.05, 0.1) is 6.54 Å². The number of benzene rings is 2. The van der Waals surface area contributed by atoms with Gasteiger partial charge in [-0.2, -0.15) is 0 Å². The summed E-state index contributed by atoms with van der Waals surface area (Å²) in [5, 5.41) is 2.95. The maximum Gasteiger partial charge on any atom is 0.317 e. The lowest BCUT2D eigenvalue weighted by atomic mass is 10.2. The minimum atomic E-state index is -0.263. The Morgan fingerprint density at radius 3 is 2.32 bits per heavy atom. The van der Waals surface area contributed by atoms with Crippen molar-refractivity contribution in [3.8, 4) is 0 Å². The van der Waals surface area contributed by atoms with Crippen molar-refractivity contribution in [3.63, 3.8) is 0 Å². The Labute approximate surface area is 220 Å². The van der Waals surface area contributed by atoms with Crippen LogP contribution in [-0.2, 0) is 24.4 Å². The minimum absolute atomic E-state index is 0.0155. The smallest absolute Gasteiger partial charge is 0.317 e. The molecule has 0 bridgehead atoms. The number of carbonyl (C=O) groups is 2. The van der Waals surface area contributed by atoms with Crippen molar-refractivity contribution >= 4 is 11.9 Å². The lowest BCUT2D eigenvalue weighted by molar-refractivity contribution is -0.133. The molecule has 198 valence electrons. The molecule has 1 N–H and O–H groups in total. The Morgan fingerprint density at radius 1 is 0.919 bits per heavy atom. The van der Waals surface area contributed by atoms with E-state index in [4.69, 9.17) is 0 Å². The zero-order chi connectivity index (χ0) is 26.6. The van der Waals surface area contributed by atoms with E-state index < -0.39 is 0 Å². The molecule has 37 heavy (non-hydrogen) atoms. The van der Waals surface area contributed by atoms with Crippen LogP contribution in [0.5, 0.6) is 0 Å². The molecule has 0 fully saturated rings. The van der Waals surface area contributed by atoms with Gasteiger partial charge in [0, 0.05) is 38.1 Å². The fourth-order valence-electron chi connectivity index (χ4n) is 4.17. The number of hydrogen-bond acceptors (Lipinski definition) is 2. The second-order valence-electron chi connectivity index (χ2n) is 9.85. The minimum Gasteiger partial charge on any atom is -0.345 e. The number of halogens is 1. The molecule has 3 amide bonds. The molecular weight excluding hydrogens is 467 g/mol. The number of carbonyl (C=O) groups excluding carboxylic acids is 2. The van der Waals surface area contributed by atoms with Gasteiger partial charge in [0.15, 0.2) is 0 Å². The molecule has 0 aliphatic rings. The van der Waals surface area contributed by atoms with Gasteiger partial charge in [0.25, 0.3) is 0 Å². The Bertz CT molecular complexity index is 1110. The first-order valence-corrected chi connectivity index (χ1v) is 13.1. The fraction of sp³-hybridized carbons (Fsp3) is 0.400. The van der Waals surface area contributed by atoms with E-state index in [1.165, 1.54) is 12.1 Å². The van der Waals surface area contributed by atoms with Gasteiger partial charge in [0.2, 0.25) is 5.91 Å². The molecule has 7 heteroatoms. The molecule has 2 aromatic carbocycles. The molecule has 0 saturated carbocycles. The largest absolute Gasteiger partial charge is 0.345 e. The summed E-state index contributed by atoms with van der Waals surface area (Å²) >= 11 is 0. The SMILES string of the molecule is CCCCNC(=O)N(CC(=O)N(Cc1ccccc1)Cc1cccn1Cc1ccc(F)cc1)CC(C)C. The van der Waals surface area contributed by atoms with Crippen LogP contribution in [0, 0.1) is 11.7 Å². The molecule has 0 aliphatic carbocycles. The first kappa shape index (κ1) is 28.0. The number of nitrogens with zero attached hydrogens (tertiary/aromatic N) is 3. The predicted molar refractivity (Wildman–Crippen MR) is 145 cm³/mol. The summed E-state index contributed by atoms with van der Waals surface area (Å²) in [6, 6.07) is 20.1. The summed E-state index contributed by atoms with van der Waals surface area (Å²) in [5.74, 6) is -0.134. The van der Waals surface area contributed by atoms with E-state index in [1.54, 1.807) is 21.9 Å². The van der Waals surface area contributed by atoms with Crippen molar-refractivity contribution < 1.29 is 14.0 Å². The number of nitrogens with one attached hydrogen (secondary N) is 1. The van der Waals surface area contributed by atoms with Crippen molar-refractivity contribution in [2.75, 3.05) is 19.6 Å². The Hall–Kier alpha value is -3.61. The van der Waals surface area contributed by atoms with E-state index in [-0.39, 0.29) is 30.2 Å². The van der Waals surface area contributed by atoms with Gasteiger partial charge in [-0.25, -0.2) is 9.18 Å². The third-order valence-electron chi connectivity index (χ3n) is 6.12. The van der Waals surface area contributed by atoms with E-state index >= 15 is 0 Å². The standard InChI is InChI=1S/C30H39FN4O2/c1-4-5-17-32-30(37)35(19-24(2)3)23-29(36)34(21-25-10-7-6-8-11-25)22-28-12-9-18-33(28)20-26-13-15-27(31)16-14-26/h6-16,18,24H,4-5,17,19-23H2,1-3H3,(H,32,37). The quantitative estimate of drug-likeness (QED) is 0.304. The average molecular weight is 507 g/mol. The fourth-order valence-corrected chi connectivity index (χ4v) is 4.17. The molecule has 0 radical (unpaired) electrons. The third-order valence-corrected chi connectivity index (χ3v) is 6.12. The van der Waals surface area contributed by atoms with Gasteiger partial charge in [-0.05, 0) is 47.7 Å². The maximum atomic E-state index is 13.7. The molecule has 0 saturated heterocycles. The lowest BCUT2D eigenvalue weighted by Gasteiger charge is -2.29. The molecule has 0 aliphatic heterocycles. The van der Waals surface area contributed by atoms with Crippen molar-refractivity contribution in [1.82, 2.24) is 19.7 Å². The number of urea groups is 1. The Kier molecular flexibility index (Phi) is 10.7. The van der Waals surface area contributed by atoms with Crippen LogP contribution in [0.25, 0.3) is 0 Å². The summed E-state index contributed by atoms with van der Waals surface area (Å²) < 4.78 is 15.4. The number of unbranched alkanes of at least 4 members (excludes halogenated alkanes) is 1.